The van der Waals surface area contributed by atoms with E-state index in [0.717, 1.165) is 16.0 Å². The number of nitrogens with zero attached hydrogens (tertiary/aromatic N) is 1. The molecule has 3 N–H and O–H groups in total. The van der Waals surface area contributed by atoms with Gasteiger partial charge in [-0.05, 0) is 32.0 Å². The summed E-state index contributed by atoms with van der Waals surface area (Å²) in [6, 6.07) is 3.49. The lowest BCUT2D eigenvalue weighted by Gasteiger charge is -2.12. The molecule has 0 aliphatic heterocycles. The number of rotatable bonds is 3. The molecule has 0 saturated carbocycles. The van der Waals surface area contributed by atoms with Crippen molar-refractivity contribution < 1.29 is 9.18 Å². The fraction of sp³-hybridized carbons (Fsp3) is 0.231. The molecule has 19 heavy (non-hydrogen) atoms. The number of benzene rings is 1. The maximum absolute atomic E-state index is 13.1. The first kappa shape index (κ1) is 13.5. The van der Waals surface area contributed by atoms with E-state index >= 15 is 0 Å². The number of nitrogens with two attached hydrogens (primary N) is 1. The van der Waals surface area contributed by atoms with Crippen molar-refractivity contribution in [1.29, 1.82) is 0 Å². The lowest BCUT2D eigenvalue weighted by Crippen LogP contribution is -2.27. The molecule has 0 radical (unpaired) electrons. The predicted molar refractivity (Wildman–Crippen MR) is 73.5 cm³/mol. The van der Waals surface area contributed by atoms with Crippen LogP contribution in [0.15, 0.2) is 24.4 Å². The third kappa shape index (κ3) is 3.08. The molecule has 1 heterocycles. The molecular weight excluding hydrogens is 265 g/mol. The normalized spacial score (nSPS) is 12.2. The molecule has 1 unspecified atom stereocenters. The van der Waals surface area contributed by atoms with E-state index in [1.54, 1.807) is 6.20 Å². The Bertz CT molecular complexity index is 612. The minimum absolute atomic E-state index is 0.139. The monoisotopic (exact) mass is 279 g/mol. The Balaban J connectivity index is 2.15. The van der Waals surface area contributed by atoms with Crippen LogP contribution in [0.4, 0.5) is 10.1 Å². The van der Waals surface area contributed by atoms with E-state index in [9.17, 15) is 9.18 Å². The van der Waals surface area contributed by atoms with Gasteiger partial charge in [0.1, 0.15) is 10.8 Å². The van der Waals surface area contributed by atoms with Crippen LogP contribution in [-0.4, -0.2) is 10.9 Å². The van der Waals surface area contributed by atoms with Crippen LogP contribution in [0, 0.1) is 12.7 Å². The average molecular weight is 279 g/mol. The third-order valence-electron chi connectivity index (χ3n) is 2.62. The lowest BCUT2D eigenvalue weighted by atomic mass is 10.1. The van der Waals surface area contributed by atoms with Crippen molar-refractivity contribution in [3.05, 3.63) is 45.7 Å². The first-order valence-corrected chi connectivity index (χ1v) is 6.57. The van der Waals surface area contributed by atoms with E-state index in [-0.39, 0.29) is 17.3 Å². The van der Waals surface area contributed by atoms with Gasteiger partial charge in [0.15, 0.2) is 0 Å². The summed E-state index contributed by atoms with van der Waals surface area (Å²) in [6.45, 7) is 3.77. The summed E-state index contributed by atoms with van der Waals surface area (Å²) in [5, 5.41) is 3.56. The van der Waals surface area contributed by atoms with E-state index in [1.807, 2.05) is 13.8 Å². The largest absolute Gasteiger partial charge is 0.398 e. The molecule has 6 heteroatoms. The molecule has 0 spiro atoms. The Morgan fingerprint density at radius 2 is 2.26 bits per heavy atom. The molecule has 0 fully saturated rings. The van der Waals surface area contributed by atoms with Gasteiger partial charge in [-0.3, -0.25) is 4.79 Å². The van der Waals surface area contributed by atoms with Gasteiger partial charge in [0.05, 0.1) is 11.6 Å². The molecule has 2 rings (SSSR count). The second-order valence-electron chi connectivity index (χ2n) is 4.24. The van der Waals surface area contributed by atoms with Crippen LogP contribution in [-0.2, 0) is 0 Å². The first-order valence-electron chi connectivity index (χ1n) is 5.75. The van der Waals surface area contributed by atoms with E-state index < -0.39 is 11.7 Å². The van der Waals surface area contributed by atoms with Crippen LogP contribution in [0.25, 0.3) is 0 Å². The number of hydrogen-bond acceptors (Lipinski definition) is 4. The molecule has 100 valence electrons. The number of nitrogens with one attached hydrogen (secondary N) is 1. The van der Waals surface area contributed by atoms with E-state index in [4.69, 9.17) is 5.73 Å². The number of carbonyl (C=O) groups is 1. The predicted octanol–water partition coefficient (Wildman–Crippen LogP) is 2.66. The van der Waals surface area contributed by atoms with E-state index in [1.165, 1.54) is 23.5 Å². The van der Waals surface area contributed by atoms with Crippen molar-refractivity contribution in [3.8, 4) is 0 Å². The highest BCUT2D eigenvalue weighted by molar-refractivity contribution is 7.11. The van der Waals surface area contributed by atoms with Gasteiger partial charge in [0.2, 0.25) is 0 Å². The van der Waals surface area contributed by atoms with Gasteiger partial charge in [-0.2, -0.15) is 0 Å². The Hall–Kier alpha value is -1.95. The summed E-state index contributed by atoms with van der Waals surface area (Å²) >= 11 is 1.51. The van der Waals surface area contributed by atoms with Crippen LogP contribution in [0.5, 0.6) is 0 Å². The number of aromatic nitrogens is 1. The van der Waals surface area contributed by atoms with Crippen molar-refractivity contribution in [2.24, 2.45) is 0 Å². The van der Waals surface area contributed by atoms with Gasteiger partial charge in [0, 0.05) is 16.8 Å². The summed E-state index contributed by atoms with van der Waals surface area (Å²) in [6.07, 6.45) is 1.75. The number of amides is 1. The number of carbonyl (C=O) groups excluding carboxylic acids is 1. The molecular formula is C13H14FN3OS. The quantitative estimate of drug-likeness (QED) is 0.849. The van der Waals surface area contributed by atoms with Crippen molar-refractivity contribution >= 4 is 22.9 Å². The summed E-state index contributed by atoms with van der Waals surface area (Å²) in [4.78, 5) is 17.3. The van der Waals surface area contributed by atoms with Crippen LogP contribution < -0.4 is 11.1 Å². The number of hydrogen-bond donors (Lipinski definition) is 2. The maximum atomic E-state index is 13.1. The molecule has 1 aromatic heterocycles. The minimum atomic E-state index is -0.489. The topological polar surface area (TPSA) is 68.0 Å². The summed E-state index contributed by atoms with van der Waals surface area (Å²) in [5.41, 5.74) is 6.06. The smallest absolute Gasteiger partial charge is 0.254 e. The molecule has 1 aromatic carbocycles. The fourth-order valence-corrected chi connectivity index (χ4v) is 2.41. The number of anilines is 1. The Morgan fingerprint density at radius 1 is 1.53 bits per heavy atom. The highest BCUT2D eigenvalue weighted by Crippen LogP contribution is 2.20. The van der Waals surface area contributed by atoms with Crippen molar-refractivity contribution in [1.82, 2.24) is 10.3 Å². The minimum Gasteiger partial charge on any atom is -0.398 e. The zero-order valence-electron chi connectivity index (χ0n) is 10.6. The van der Waals surface area contributed by atoms with Gasteiger partial charge in [-0.1, -0.05) is 0 Å². The molecule has 0 bridgehead atoms. The molecule has 0 aliphatic carbocycles. The zero-order chi connectivity index (χ0) is 14.0. The van der Waals surface area contributed by atoms with Crippen molar-refractivity contribution in [2.75, 3.05) is 5.73 Å². The zero-order valence-corrected chi connectivity index (χ0v) is 11.4. The third-order valence-corrected chi connectivity index (χ3v) is 3.71. The van der Waals surface area contributed by atoms with Crippen molar-refractivity contribution in [2.45, 2.75) is 19.9 Å². The lowest BCUT2D eigenvalue weighted by molar-refractivity contribution is 0.0940. The van der Waals surface area contributed by atoms with Gasteiger partial charge in [-0.25, -0.2) is 9.37 Å². The van der Waals surface area contributed by atoms with Gasteiger partial charge >= 0.3 is 0 Å². The first-order chi connectivity index (χ1) is 8.97. The van der Waals surface area contributed by atoms with Crippen LogP contribution >= 0.6 is 11.3 Å². The van der Waals surface area contributed by atoms with Crippen LogP contribution in [0.2, 0.25) is 0 Å². The maximum Gasteiger partial charge on any atom is 0.254 e. The Labute approximate surface area is 114 Å². The molecule has 0 saturated heterocycles. The fourth-order valence-electron chi connectivity index (χ4n) is 1.63. The Kier molecular flexibility index (Phi) is 3.80. The second-order valence-corrected chi connectivity index (χ2v) is 5.50. The van der Waals surface area contributed by atoms with E-state index in [2.05, 4.69) is 10.3 Å². The summed E-state index contributed by atoms with van der Waals surface area (Å²) in [7, 11) is 0. The molecule has 2 aromatic rings. The van der Waals surface area contributed by atoms with Crippen LogP contribution in [0.1, 0.15) is 33.2 Å². The highest BCUT2D eigenvalue weighted by atomic mass is 32.1. The molecule has 1 atom stereocenters. The average Bonchev–Trinajstić information content (AvgIpc) is 2.79. The standard InChI is InChI=1S/C13H14FN3OS/c1-7-6-16-13(19-7)8(2)17-12(18)10-5-9(14)3-4-11(10)15/h3-6,8H,15H2,1-2H3,(H,17,18). The van der Waals surface area contributed by atoms with Gasteiger partial charge in [0.25, 0.3) is 5.91 Å². The number of thiazole rings is 1. The SMILES string of the molecule is Cc1cnc(C(C)NC(=O)c2cc(F)ccc2N)s1. The molecule has 1 amide bonds. The number of aryl methyl sites for hydroxylation is 1. The van der Waals surface area contributed by atoms with Crippen LogP contribution in [0.3, 0.4) is 0 Å². The molecule has 0 aliphatic rings. The van der Waals surface area contributed by atoms with Gasteiger partial charge in [-0.15, -0.1) is 11.3 Å². The highest BCUT2D eigenvalue weighted by Gasteiger charge is 2.16. The second kappa shape index (κ2) is 5.36. The number of halogens is 1. The number of nitrogen functional groups attached to an aromatic ring is 1. The van der Waals surface area contributed by atoms with E-state index in [0.29, 0.717) is 0 Å². The molecule has 4 nitrogen and oxygen atoms in total. The van der Waals surface area contributed by atoms with Crippen molar-refractivity contribution in [3.63, 3.8) is 0 Å². The summed E-state index contributed by atoms with van der Waals surface area (Å²) < 4.78 is 13.1. The summed E-state index contributed by atoms with van der Waals surface area (Å²) in [5.74, 6) is -0.894. The van der Waals surface area contributed by atoms with Gasteiger partial charge < -0.3 is 11.1 Å². The Morgan fingerprint density at radius 3 is 2.89 bits per heavy atom.